The molecule has 4 nitrogen and oxygen atoms in total. The number of carboxylic acids is 1. The Morgan fingerprint density at radius 1 is 1.45 bits per heavy atom. The van der Waals surface area contributed by atoms with Crippen LogP contribution in [0.4, 0.5) is 0 Å². The van der Waals surface area contributed by atoms with E-state index < -0.39 is 17.8 Å². The van der Waals surface area contributed by atoms with Crippen molar-refractivity contribution in [2.75, 3.05) is 0 Å². The molecule has 1 unspecified atom stereocenters. The zero-order valence-electron chi connectivity index (χ0n) is 7.13. The fourth-order valence-electron chi connectivity index (χ4n) is 0.122. The van der Waals surface area contributed by atoms with E-state index in [-0.39, 0.29) is 0 Å². The molecule has 0 aliphatic rings. The molecule has 3 N–H and O–H groups in total. The summed E-state index contributed by atoms with van der Waals surface area (Å²) in [7, 11) is 0. The molecule has 0 saturated carbocycles. The number of carbonyl (C=O) groups is 2. The van der Waals surface area contributed by atoms with E-state index in [1.54, 1.807) is 0 Å². The van der Waals surface area contributed by atoms with Crippen LogP contribution in [-0.2, 0) is 9.59 Å². The van der Waals surface area contributed by atoms with Crippen LogP contribution in [0.3, 0.4) is 0 Å². The molecule has 66 valence electrons. The molecule has 0 aromatic rings. The van der Waals surface area contributed by atoms with Gasteiger partial charge in [0, 0.05) is 0 Å². The highest BCUT2D eigenvalue weighted by atomic mass is 16.4. The summed E-state index contributed by atoms with van der Waals surface area (Å²) in [6, 6.07) is 0. The third-order valence-corrected chi connectivity index (χ3v) is 0.797. The number of hydrogen-bond acceptors (Lipinski definition) is 2. The van der Waals surface area contributed by atoms with E-state index in [4.69, 9.17) is 5.11 Å². The van der Waals surface area contributed by atoms with Gasteiger partial charge < -0.3 is 10.8 Å². The summed E-state index contributed by atoms with van der Waals surface area (Å²) in [5, 5.41) is 8.05. The molecule has 0 aliphatic heterocycles. The molecule has 4 heteroatoms. The Balaban J connectivity index is 0. The first-order valence-electron chi connectivity index (χ1n) is 3.49. The number of amides is 1. The molecule has 0 fully saturated rings. The Labute approximate surface area is 66.4 Å². The molecule has 0 bridgehead atoms. The summed E-state index contributed by atoms with van der Waals surface area (Å²) < 4.78 is 0. The second-order valence-corrected chi connectivity index (χ2v) is 2.17. The number of aliphatic carboxylic acids is 1. The minimum atomic E-state index is -1.18. The standard InChI is InChI=1S/C4H7NO3.C3H8/c1-2(3(5)6)4(7)8;1-3-2/h2H,1H3,(H2,5,6)(H,7,8);3H2,1-2H3. The Hall–Kier alpha value is -1.06. The quantitative estimate of drug-likeness (QED) is 0.582. The van der Waals surface area contributed by atoms with E-state index in [9.17, 15) is 9.59 Å². The van der Waals surface area contributed by atoms with Crippen LogP contribution in [0.5, 0.6) is 0 Å². The summed E-state index contributed by atoms with van der Waals surface area (Å²) >= 11 is 0. The Kier molecular flexibility index (Phi) is 8.08. The SMILES string of the molecule is CC(C(N)=O)C(=O)O.CCC. The van der Waals surface area contributed by atoms with Crippen LogP contribution >= 0.6 is 0 Å². The molecule has 1 amide bonds. The van der Waals surface area contributed by atoms with Crippen molar-refractivity contribution in [3.8, 4) is 0 Å². The lowest BCUT2D eigenvalue weighted by atomic mass is 10.2. The predicted octanol–water partition coefficient (Wildman–Crippen LogP) is 0.609. The minimum absolute atomic E-state index is 0.808. The van der Waals surface area contributed by atoms with Gasteiger partial charge in [0.2, 0.25) is 5.91 Å². The van der Waals surface area contributed by atoms with Crippen LogP contribution < -0.4 is 5.73 Å². The second-order valence-electron chi connectivity index (χ2n) is 2.17. The van der Waals surface area contributed by atoms with Crippen LogP contribution in [0.1, 0.15) is 27.2 Å². The molecule has 0 spiro atoms. The Bertz CT molecular complexity index is 120. The second kappa shape index (κ2) is 7.05. The summed E-state index contributed by atoms with van der Waals surface area (Å²) in [4.78, 5) is 19.8. The third-order valence-electron chi connectivity index (χ3n) is 0.797. The van der Waals surface area contributed by atoms with Gasteiger partial charge in [-0.2, -0.15) is 0 Å². The summed E-state index contributed by atoms with van der Waals surface area (Å²) in [5.41, 5.74) is 4.62. The van der Waals surface area contributed by atoms with Crippen LogP contribution in [-0.4, -0.2) is 17.0 Å². The predicted molar refractivity (Wildman–Crippen MR) is 42.0 cm³/mol. The zero-order chi connectivity index (χ0) is 9.44. The average molecular weight is 161 g/mol. The van der Waals surface area contributed by atoms with E-state index in [1.807, 2.05) is 0 Å². The molecular weight excluding hydrogens is 146 g/mol. The third kappa shape index (κ3) is 8.94. The summed E-state index contributed by atoms with van der Waals surface area (Å²) in [5.74, 6) is -3.06. The molecule has 0 heterocycles. The van der Waals surface area contributed by atoms with Gasteiger partial charge in [0.15, 0.2) is 0 Å². The number of hydrogen-bond donors (Lipinski definition) is 2. The van der Waals surface area contributed by atoms with E-state index in [2.05, 4.69) is 19.6 Å². The highest BCUT2D eigenvalue weighted by Crippen LogP contribution is 1.89. The van der Waals surface area contributed by atoms with Crippen LogP contribution in [0.15, 0.2) is 0 Å². The first kappa shape index (κ1) is 12.6. The van der Waals surface area contributed by atoms with Crippen LogP contribution in [0.2, 0.25) is 0 Å². The van der Waals surface area contributed by atoms with E-state index in [1.165, 1.54) is 13.3 Å². The highest BCUT2D eigenvalue weighted by Gasteiger charge is 2.15. The highest BCUT2D eigenvalue weighted by molar-refractivity contribution is 5.95. The molecule has 0 aromatic heterocycles. The van der Waals surface area contributed by atoms with Crippen molar-refractivity contribution in [2.45, 2.75) is 27.2 Å². The van der Waals surface area contributed by atoms with Gasteiger partial charge in [-0.05, 0) is 6.92 Å². The lowest BCUT2D eigenvalue weighted by molar-refractivity contribution is -0.145. The lowest BCUT2D eigenvalue weighted by Crippen LogP contribution is -2.27. The molecule has 1 atom stereocenters. The van der Waals surface area contributed by atoms with Gasteiger partial charge >= 0.3 is 5.97 Å². The minimum Gasteiger partial charge on any atom is -0.481 e. The lowest BCUT2D eigenvalue weighted by Gasteiger charge is -1.95. The maximum Gasteiger partial charge on any atom is 0.315 e. The van der Waals surface area contributed by atoms with Crippen molar-refractivity contribution >= 4 is 11.9 Å². The van der Waals surface area contributed by atoms with Gasteiger partial charge in [-0.3, -0.25) is 9.59 Å². The zero-order valence-corrected chi connectivity index (χ0v) is 7.13. The molecule has 0 aromatic carbocycles. The van der Waals surface area contributed by atoms with Gasteiger partial charge in [0.1, 0.15) is 5.92 Å². The number of carbonyl (C=O) groups excluding carboxylic acids is 1. The maximum atomic E-state index is 9.98. The monoisotopic (exact) mass is 161 g/mol. The van der Waals surface area contributed by atoms with Crippen molar-refractivity contribution < 1.29 is 14.7 Å². The molecule has 11 heavy (non-hydrogen) atoms. The number of primary amides is 1. The van der Waals surface area contributed by atoms with Gasteiger partial charge in [0.05, 0.1) is 0 Å². The van der Waals surface area contributed by atoms with Crippen molar-refractivity contribution in [2.24, 2.45) is 11.7 Å². The normalized spacial score (nSPS) is 10.8. The van der Waals surface area contributed by atoms with Gasteiger partial charge in [0.25, 0.3) is 0 Å². The Morgan fingerprint density at radius 3 is 1.73 bits per heavy atom. The van der Waals surface area contributed by atoms with Crippen molar-refractivity contribution in [1.82, 2.24) is 0 Å². The molecule has 0 rings (SSSR count). The van der Waals surface area contributed by atoms with E-state index in [0.717, 1.165) is 0 Å². The molecule has 0 radical (unpaired) electrons. The smallest absolute Gasteiger partial charge is 0.315 e. The largest absolute Gasteiger partial charge is 0.481 e. The number of carboxylic acid groups (broad SMARTS) is 1. The number of rotatable bonds is 2. The van der Waals surface area contributed by atoms with Gasteiger partial charge in [-0.25, -0.2) is 0 Å². The van der Waals surface area contributed by atoms with Crippen molar-refractivity contribution in [3.05, 3.63) is 0 Å². The van der Waals surface area contributed by atoms with Crippen LogP contribution in [0, 0.1) is 5.92 Å². The van der Waals surface area contributed by atoms with E-state index >= 15 is 0 Å². The molecule has 0 saturated heterocycles. The van der Waals surface area contributed by atoms with E-state index in [0.29, 0.717) is 0 Å². The maximum absolute atomic E-state index is 9.98. The first-order valence-corrected chi connectivity index (χ1v) is 3.49. The fraction of sp³-hybridized carbons (Fsp3) is 0.714. The van der Waals surface area contributed by atoms with Gasteiger partial charge in [-0.15, -0.1) is 0 Å². The molecule has 0 aliphatic carbocycles. The van der Waals surface area contributed by atoms with Crippen LogP contribution in [0.25, 0.3) is 0 Å². The number of nitrogens with two attached hydrogens (primary N) is 1. The summed E-state index contributed by atoms with van der Waals surface area (Å²) in [6.07, 6.45) is 1.25. The molecular formula is C7H15NO3. The van der Waals surface area contributed by atoms with Gasteiger partial charge in [-0.1, -0.05) is 20.3 Å². The summed E-state index contributed by atoms with van der Waals surface area (Å²) in [6.45, 7) is 5.49. The average Bonchev–Trinajstić information content (AvgIpc) is 1.87. The topological polar surface area (TPSA) is 80.4 Å². The fourth-order valence-corrected chi connectivity index (χ4v) is 0.122. The van der Waals surface area contributed by atoms with Crippen molar-refractivity contribution in [3.63, 3.8) is 0 Å². The Morgan fingerprint density at radius 2 is 1.73 bits per heavy atom. The van der Waals surface area contributed by atoms with Crippen molar-refractivity contribution in [1.29, 1.82) is 0 Å². The first-order chi connectivity index (χ1) is 4.97.